The molecule has 0 saturated heterocycles. The van der Waals surface area contributed by atoms with Crippen LogP contribution in [0.25, 0.3) is 0 Å². The molecule has 4 nitrogen and oxygen atoms in total. The Balaban J connectivity index is 1.82. The van der Waals surface area contributed by atoms with Crippen LogP contribution in [0.2, 0.25) is 0 Å². The number of hydrogen-bond donors (Lipinski definition) is 2. The van der Waals surface area contributed by atoms with Crippen LogP contribution >= 0.6 is 15.9 Å². The maximum atomic E-state index is 10.2. The minimum atomic E-state index is -0.0428. The van der Waals surface area contributed by atoms with E-state index >= 15 is 0 Å². The average Bonchev–Trinajstić information content (AvgIpc) is 2.98. The molecule has 0 radical (unpaired) electrons. The molecule has 5 heteroatoms. The number of benzene rings is 2. The van der Waals surface area contributed by atoms with Gasteiger partial charge in [0.2, 0.25) is 0 Å². The van der Waals surface area contributed by atoms with Crippen LogP contribution in [-0.4, -0.2) is 17.9 Å². The van der Waals surface area contributed by atoms with Gasteiger partial charge in [0, 0.05) is 16.5 Å². The first-order chi connectivity index (χ1) is 10.2. The highest BCUT2D eigenvalue weighted by atomic mass is 79.9. The second-order valence-corrected chi connectivity index (χ2v) is 5.76. The number of ether oxygens (including phenoxy) is 1. The SMILES string of the molecule is COc1cccc(C2CC(c3ccc(Br)cc3)=NN2)c1O. The Morgan fingerprint density at radius 3 is 2.71 bits per heavy atom. The minimum Gasteiger partial charge on any atom is -0.504 e. The Morgan fingerprint density at radius 2 is 2.00 bits per heavy atom. The molecule has 0 bridgehead atoms. The molecule has 1 aliphatic heterocycles. The zero-order valence-corrected chi connectivity index (χ0v) is 13.1. The molecule has 0 fully saturated rings. The Bertz CT molecular complexity index is 683. The zero-order chi connectivity index (χ0) is 14.8. The number of rotatable bonds is 3. The van der Waals surface area contributed by atoms with Crippen LogP contribution in [0.15, 0.2) is 52.0 Å². The van der Waals surface area contributed by atoms with Gasteiger partial charge in [-0.1, -0.05) is 40.2 Å². The van der Waals surface area contributed by atoms with E-state index in [0.717, 1.165) is 27.7 Å². The molecule has 1 atom stereocenters. The predicted octanol–water partition coefficient (Wildman–Crippen LogP) is 3.60. The van der Waals surface area contributed by atoms with Gasteiger partial charge in [-0.05, 0) is 23.8 Å². The molecule has 21 heavy (non-hydrogen) atoms. The molecule has 2 aromatic rings. The summed E-state index contributed by atoms with van der Waals surface area (Å²) in [6.45, 7) is 0. The summed E-state index contributed by atoms with van der Waals surface area (Å²) in [6.07, 6.45) is 0.725. The number of methoxy groups -OCH3 is 1. The van der Waals surface area contributed by atoms with Gasteiger partial charge < -0.3 is 15.3 Å². The molecule has 0 spiro atoms. The van der Waals surface area contributed by atoms with Crippen molar-refractivity contribution in [3.8, 4) is 11.5 Å². The van der Waals surface area contributed by atoms with E-state index in [0.29, 0.717) is 5.75 Å². The summed E-state index contributed by atoms with van der Waals surface area (Å²) < 4.78 is 6.19. The number of para-hydroxylation sites is 1. The highest BCUT2D eigenvalue weighted by Gasteiger charge is 2.24. The third-order valence-electron chi connectivity index (χ3n) is 3.56. The van der Waals surface area contributed by atoms with E-state index < -0.39 is 0 Å². The molecule has 1 aliphatic rings. The minimum absolute atomic E-state index is 0.0428. The van der Waals surface area contributed by atoms with E-state index in [1.165, 1.54) is 0 Å². The summed E-state index contributed by atoms with van der Waals surface area (Å²) in [5.74, 6) is 0.649. The molecule has 108 valence electrons. The normalized spacial score (nSPS) is 17.2. The number of halogens is 1. The molecular weight excluding hydrogens is 332 g/mol. The van der Waals surface area contributed by atoms with Gasteiger partial charge in [0.05, 0.1) is 18.9 Å². The summed E-state index contributed by atoms with van der Waals surface area (Å²) in [5.41, 5.74) is 5.95. The molecular formula is C16H15BrN2O2. The molecule has 1 heterocycles. The number of nitrogens with zero attached hydrogens (tertiary/aromatic N) is 1. The van der Waals surface area contributed by atoms with Crippen LogP contribution in [0.5, 0.6) is 11.5 Å². The first-order valence-electron chi connectivity index (χ1n) is 6.63. The monoisotopic (exact) mass is 346 g/mol. The lowest BCUT2D eigenvalue weighted by atomic mass is 9.98. The largest absolute Gasteiger partial charge is 0.504 e. The van der Waals surface area contributed by atoms with Crippen molar-refractivity contribution in [2.45, 2.75) is 12.5 Å². The average molecular weight is 347 g/mol. The van der Waals surface area contributed by atoms with Crippen LogP contribution in [0.4, 0.5) is 0 Å². The van der Waals surface area contributed by atoms with Crippen molar-refractivity contribution in [1.29, 1.82) is 0 Å². The summed E-state index contributed by atoms with van der Waals surface area (Å²) in [7, 11) is 1.55. The summed E-state index contributed by atoms with van der Waals surface area (Å²) in [4.78, 5) is 0. The molecule has 1 unspecified atom stereocenters. The number of hydrogen-bond acceptors (Lipinski definition) is 4. The van der Waals surface area contributed by atoms with Gasteiger partial charge in [-0.25, -0.2) is 0 Å². The van der Waals surface area contributed by atoms with Gasteiger partial charge in [0.1, 0.15) is 0 Å². The maximum Gasteiger partial charge on any atom is 0.163 e. The lowest BCUT2D eigenvalue weighted by Gasteiger charge is -2.14. The van der Waals surface area contributed by atoms with Crippen LogP contribution in [0.1, 0.15) is 23.6 Å². The topological polar surface area (TPSA) is 53.8 Å². The number of phenols is 1. The van der Waals surface area contributed by atoms with Crippen molar-refractivity contribution in [3.63, 3.8) is 0 Å². The number of hydrazone groups is 1. The zero-order valence-electron chi connectivity index (χ0n) is 11.5. The second-order valence-electron chi connectivity index (χ2n) is 4.85. The smallest absolute Gasteiger partial charge is 0.163 e. The molecule has 3 rings (SSSR count). The fourth-order valence-corrected chi connectivity index (χ4v) is 2.69. The maximum absolute atomic E-state index is 10.2. The standard InChI is InChI=1S/C16H15BrN2O2/c1-21-15-4-2-3-12(16(15)20)14-9-13(18-19-14)10-5-7-11(17)8-6-10/h2-8,14,19-20H,9H2,1H3. The molecule has 0 aliphatic carbocycles. The van der Waals surface area contributed by atoms with Crippen LogP contribution in [0.3, 0.4) is 0 Å². The summed E-state index contributed by atoms with van der Waals surface area (Å²) in [5, 5.41) is 14.6. The molecule has 2 N–H and O–H groups in total. The van der Waals surface area contributed by atoms with Crippen molar-refractivity contribution in [2.24, 2.45) is 5.10 Å². The quantitative estimate of drug-likeness (QED) is 0.892. The van der Waals surface area contributed by atoms with Gasteiger partial charge >= 0.3 is 0 Å². The van der Waals surface area contributed by atoms with Crippen molar-refractivity contribution in [2.75, 3.05) is 7.11 Å². The van der Waals surface area contributed by atoms with Crippen LogP contribution < -0.4 is 10.2 Å². The van der Waals surface area contributed by atoms with Crippen molar-refractivity contribution < 1.29 is 9.84 Å². The van der Waals surface area contributed by atoms with E-state index in [4.69, 9.17) is 4.74 Å². The number of aromatic hydroxyl groups is 1. The Labute approximate surface area is 131 Å². The van der Waals surface area contributed by atoms with Crippen molar-refractivity contribution in [3.05, 3.63) is 58.1 Å². The molecule has 0 amide bonds. The predicted molar refractivity (Wildman–Crippen MR) is 85.8 cm³/mol. The highest BCUT2D eigenvalue weighted by molar-refractivity contribution is 9.10. The third kappa shape index (κ3) is 2.74. The Morgan fingerprint density at radius 1 is 1.24 bits per heavy atom. The summed E-state index contributed by atoms with van der Waals surface area (Å²) >= 11 is 3.43. The van der Waals surface area contributed by atoms with Gasteiger partial charge in [0.25, 0.3) is 0 Å². The van der Waals surface area contributed by atoms with Gasteiger partial charge in [-0.15, -0.1) is 0 Å². The van der Waals surface area contributed by atoms with Crippen LogP contribution in [0, 0.1) is 0 Å². The van der Waals surface area contributed by atoms with Crippen LogP contribution in [-0.2, 0) is 0 Å². The lowest BCUT2D eigenvalue weighted by molar-refractivity contribution is 0.367. The lowest BCUT2D eigenvalue weighted by Crippen LogP contribution is -2.10. The van der Waals surface area contributed by atoms with E-state index in [1.54, 1.807) is 13.2 Å². The Kier molecular flexibility index (Phi) is 3.84. The fraction of sp³-hybridized carbons (Fsp3) is 0.188. The van der Waals surface area contributed by atoms with Gasteiger partial charge in [0.15, 0.2) is 11.5 Å². The van der Waals surface area contributed by atoms with E-state index in [9.17, 15) is 5.11 Å². The highest BCUT2D eigenvalue weighted by Crippen LogP contribution is 2.36. The molecule has 0 saturated carbocycles. The van der Waals surface area contributed by atoms with E-state index in [1.807, 2.05) is 36.4 Å². The summed E-state index contributed by atoms with van der Waals surface area (Å²) in [6, 6.07) is 13.5. The number of phenolic OH excluding ortho intramolecular Hbond substituents is 1. The van der Waals surface area contributed by atoms with Gasteiger partial charge in [-0.3, -0.25) is 0 Å². The number of nitrogens with one attached hydrogen (secondary N) is 1. The second kappa shape index (κ2) is 5.77. The molecule has 0 aromatic heterocycles. The van der Waals surface area contributed by atoms with E-state index in [2.05, 4.69) is 26.5 Å². The third-order valence-corrected chi connectivity index (χ3v) is 4.08. The first-order valence-corrected chi connectivity index (χ1v) is 7.42. The van der Waals surface area contributed by atoms with Gasteiger partial charge in [-0.2, -0.15) is 5.10 Å². The molecule has 2 aromatic carbocycles. The van der Waals surface area contributed by atoms with Crippen molar-refractivity contribution >= 4 is 21.6 Å². The first kappa shape index (κ1) is 13.9. The fourth-order valence-electron chi connectivity index (χ4n) is 2.43. The van der Waals surface area contributed by atoms with E-state index in [-0.39, 0.29) is 11.8 Å². The van der Waals surface area contributed by atoms with Crippen molar-refractivity contribution in [1.82, 2.24) is 5.43 Å². The Hall–Kier alpha value is -2.01.